The molecule has 1 aliphatic rings. The zero-order chi connectivity index (χ0) is 12.0. The van der Waals surface area contributed by atoms with Crippen LogP contribution in [0.5, 0.6) is 0 Å². The fourth-order valence-electron chi connectivity index (χ4n) is 2.30. The molecule has 0 aromatic heterocycles. The third-order valence-electron chi connectivity index (χ3n) is 3.44. The molecule has 0 aromatic carbocycles. The predicted molar refractivity (Wildman–Crippen MR) is 68.8 cm³/mol. The van der Waals surface area contributed by atoms with Gasteiger partial charge in [0, 0.05) is 19.1 Å². The van der Waals surface area contributed by atoms with E-state index in [1.165, 1.54) is 12.8 Å². The summed E-state index contributed by atoms with van der Waals surface area (Å²) in [4.78, 5) is 2.45. The Morgan fingerprint density at radius 3 is 2.50 bits per heavy atom. The molecule has 0 aromatic rings. The van der Waals surface area contributed by atoms with E-state index in [1.54, 1.807) is 0 Å². The van der Waals surface area contributed by atoms with Crippen LogP contribution in [0.1, 0.15) is 40.5 Å². The lowest BCUT2D eigenvalue weighted by molar-refractivity contribution is 0.0538. The molecule has 3 unspecified atom stereocenters. The molecule has 3 atom stereocenters. The lowest BCUT2D eigenvalue weighted by atomic mass is 10.2. The van der Waals surface area contributed by atoms with E-state index < -0.39 is 0 Å². The standard InChI is InChI=1S/C13H28N2O/c1-5-15(6-2)10-11(3)14-9-13-8-7-12(4)16-13/h11-14H,5-10H2,1-4H3. The van der Waals surface area contributed by atoms with Crippen molar-refractivity contribution in [2.45, 2.75) is 58.8 Å². The molecule has 0 amide bonds. The second-order valence-electron chi connectivity index (χ2n) is 4.94. The van der Waals surface area contributed by atoms with Gasteiger partial charge in [-0.2, -0.15) is 0 Å². The highest BCUT2D eigenvalue weighted by Gasteiger charge is 2.21. The van der Waals surface area contributed by atoms with E-state index in [1.807, 2.05) is 0 Å². The van der Waals surface area contributed by atoms with Gasteiger partial charge in [0.25, 0.3) is 0 Å². The Bertz CT molecular complexity index is 183. The molecule has 0 saturated carbocycles. The molecule has 0 spiro atoms. The lowest BCUT2D eigenvalue weighted by Gasteiger charge is -2.24. The van der Waals surface area contributed by atoms with Gasteiger partial charge in [0.2, 0.25) is 0 Å². The molecule has 0 bridgehead atoms. The van der Waals surface area contributed by atoms with Crippen molar-refractivity contribution in [3.05, 3.63) is 0 Å². The van der Waals surface area contributed by atoms with Crippen LogP contribution in [-0.2, 0) is 4.74 Å². The maximum absolute atomic E-state index is 5.79. The largest absolute Gasteiger partial charge is 0.374 e. The molecule has 1 heterocycles. The molecule has 0 radical (unpaired) electrons. The SMILES string of the molecule is CCN(CC)CC(C)NCC1CCC(C)O1. The van der Waals surface area contributed by atoms with Crippen LogP contribution >= 0.6 is 0 Å². The smallest absolute Gasteiger partial charge is 0.0704 e. The summed E-state index contributed by atoms with van der Waals surface area (Å²) in [7, 11) is 0. The van der Waals surface area contributed by atoms with Gasteiger partial charge >= 0.3 is 0 Å². The Kier molecular flexibility index (Phi) is 6.32. The van der Waals surface area contributed by atoms with Crippen LogP contribution in [0.4, 0.5) is 0 Å². The zero-order valence-electron chi connectivity index (χ0n) is 11.3. The highest BCUT2D eigenvalue weighted by molar-refractivity contribution is 4.75. The summed E-state index contributed by atoms with van der Waals surface area (Å²) in [6, 6.07) is 0.555. The van der Waals surface area contributed by atoms with Gasteiger partial charge in [0.05, 0.1) is 12.2 Å². The van der Waals surface area contributed by atoms with Gasteiger partial charge in [0.1, 0.15) is 0 Å². The number of hydrogen-bond donors (Lipinski definition) is 1. The van der Waals surface area contributed by atoms with E-state index in [-0.39, 0.29) is 0 Å². The number of nitrogens with zero attached hydrogens (tertiary/aromatic N) is 1. The Morgan fingerprint density at radius 1 is 1.31 bits per heavy atom. The maximum Gasteiger partial charge on any atom is 0.0704 e. The summed E-state index contributed by atoms with van der Waals surface area (Å²) >= 11 is 0. The second-order valence-corrected chi connectivity index (χ2v) is 4.94. The van der Waals surface area contributed by atoms with Crippen LogP contribution in [0.3, 0.4) is 0 Å². The second kappa shape index (κ2) is 7.25. The molecule has 1 saturated heterocycles. The van der Waals surface area contributed by atoms with Crippen molar-refractivity contribution in [2.75, 3.05) is 26.2 Å². The van der Waals surface area contributed by atoms with Crippen LogP contribution in [0.25, 0.3) is 0 Å². The monoisotopic (exact) mass is 228 g/mol. The van der Waals surface area contributed by atoms with E-state index in [0.717, 1.165) is 26.2 Å². The fourth-order valence-corrected chi connectivity index (χ4v) is 2.30. The third-order valence-corrected chi connectivity index (χ3v) is 3.44. The van der Waals surface area contributed by atoms with E-state index >= 15 is 0 Å². The average Bonchev–Trinajstić information content (AvgIpc) is 2.69. The number of nitrogens with one attached hydrogen (secondary N) is 1. The first-order valence-corrected chi connectivity index (χ1v) is 6.76. The van der Waals surface area contributed by atoms with Gasteiger partial charge in [-0.05, 0) is 39.8 Å². The molecule has 1 fully saturated rings. The first-order valence-electron chi connectivity index (χ1n) is 6.76. The van der Waals surface area contributed by atoms with E-state index in [0.29, 0.717) is 18.2 Å². The summed E-state index contributed by atoms with van der Waals surface area (Å²) in [5.74, 6) is 0. The van der Waals surface area contributed by atoms with Crippen molar-refractivity contribution in [3.8, 4) is 0 Å². The molecule has 96 valence electrons. The van der Waals surface area contributed by atoms with Gasteiger partial charge in [-0.25, -0.2) is 0 Å². The van der Waals surface area contributed by atoms with E-state index in [9.17, 15) is 0 Å². The molecular weight excluding hydrogens is 200 g/mol. The van der Waals surface area contributed by atoms with Crippen LogP contribution < -0.4 is 5.32 Å². The van der Waals surface area contributed by atoms with Gasteiger partial charge in [-0.15, -0.1) is 0 Å². The minimum atomic E-state index is 0.439. The molecule has 1 N–H and O–H groups in total. The van der Waals surface area contributed by atoms with Gasteiger partial charge in [-0.1, -0.05) is 13.8 Å². The van der Waals surface area contributed by atoms with Gasteiger partial charge in [-0.3, -0.25) is 0 Å². The highest BCUT2D eigenvalue weighted by atomic mass is 16.5. The van der Waals surface area contributed by atoms with Crippen LogP contribution in [0.15, 0.2) is 0 Å². The molecule has 1 aliphatic heterocycles. The highest BCUT2D eigenvalue weighted by Crippen LogP contribution is 2.18. The topological polar surface area (TPSA) is 24.5 Å². The number of hydrogen-bond acceptors (Lipinski definition) is 3. The van der Waals surface area contributed by atoms with Crippen molar-refractivity contribution in [3.63, 3.8) is 0 Å². The summed E-state index contributed by atoms with van der Waals surface area (Å²) < 4.78 is 5.79. The van der Waals surface area contributed by atoms with Crippen molar-refractivity contribution < 1.29 is 4.74 Å². The van der Waals surface area contributed by atoms with E-state index in [2.05, 4.69) is 37.9 Å². The van der Waals surface area contributed by atoms with Crippen molar-refractivity contribution >= 4 is 0 Å². The molecule has 3 heteroatoms. The Morgan fingerprint density at radius 2 is 2.00 bits per heavy atom. The van der Waals surface area contributed by atoms with Crippen molar-refractivity contribution in [1.82, 2.24) is 10.2 Å². The Labute approximate surface area is 101 Å². The number of likely N-dealkylation sites (N-methyl/N-ethyl adjacent to an activating group) is 1. The normalized spacial score (nSPS) is 27.6. The number of rotatable bonds is 7. The molecular formula is C13H28N2O. The summed E-state index contributed by atoms with van der Waals surface area (Å²) in [6.07, 6.45) is 3.34. The quantitative estimate of drug-likeness (QED) is 0.720. The van der Waals surface area contributed by atoms with E-state index in [4.69, 9.17) is 4.74 Å². The first kappa shape index (κ1) is 13.9. The van der Waals surface area contributed by atoms with Crippen LogP contribution in [0, 0.1) is 0 Å². The summed E-state index contributed by atoms with van der Waals surface area (Å²) in [6.45, 7) is 13.3. The predicted octanol–water partition coefficient (Wildman–Crippen LogP) is 1.87. The third kappa shape index (κ3) is 4.81. The lowest BCUT2D eigenvalue weighted by Crippen LogP contribution is -2.42. The molecule has 0 aliphatic carbocycles. The molecule has 3 nitrogen and oxygen atoms in total. The van der Waals surface area contributed by atoms with Crippen LogP contribution in [-0.4, -0.2) is 49.3 Å². The van der Waals surface area contributed by atoms with Gasteiger partial charge in [0.15, 0.2) is 0 Å². The minimum Gasteiger partial charge on any atom is -0.374 e. The summed E-state index contributed by atoms with van der Waals surface area (Å²) in [5, 5.41) is 3.58. The maximum atomic E-state index is 5.79. The Balaban J connectivity index is 2.12. The zero-order valence-corrected chi connectivity index (χ0v) is 11.3. The summed E-state index contributed by atoms with van der Waals surface area (Å²) in [5.41, 5.74) is 0. The fraction of sp³-hybridized carbons (Fsp3) is 1.00. The van der Waals surface area contributed by atoms with Gasteiger partial charge < -0.3 is 15.0 Å². The number of ether oxygens (including phenoxy) is 1. The molecule has 16 heavy (non-hydrogen) atoms. The van der Waals surface area contributed by atoms with Crippen LogP contribution in [0.2, 0.25) is 0 Å². The Hall–Kier alpha value is -0.120. The average molecular weight is 228 g/mol. The van der Waals surface area contributed by atoms with Crippen molar-refractivity contribution in [2.24, 2.45) is 0 Å². The molecule has 1 rings (SSSR count). The first-order chi connectivity index (χ1) is 7.65. The minimum absolute atomic E-state index is 0.439. The van der Waals surface area contributed by atoms with Crippen molar-refractivity contribution in [1.29, 1.82) is 0 Å².